The summed E-state index contributed by atoms with van der Waals surface area (Å²) < 4.78 is 16.0. The Labute approximate surface area is 162 Å². The van der Waals surface area contributed by atoms with Crippen LogP contribution in [0.25, 0.3) is 10.2 Å². The molecule has 0 unspecified atom stereocenters. The number of thiazole rings is 1. The number of carbonyl (C=O) groups excluding carboxylic acids is 1. The van der Waals surface area contributed by atoms with Crippen molar-refractivity contribution < 1.29 is 9.18 Å². The molecule has 0 fully saturated rings. The van der Waals surface area contributed by atoms with E-state index in [2.05, 4.69) is 10.1 Å². The Hall–Kier alpha value is -2.32. The number of amides is 1. The van der Waals surface area contributed by atoms with E-state index in [0.29, 0.717) is 29.4 Å². The van der Waals surface area contributed by atoms with Crippen LogP contribution in [-0.4, -0.2) is 52.8 Å². The Kier molecular flexibility index (Phi) is 5.57. The molecule has 2 heterocycles. The van der Waals surface area contributed by atoms with E-state index in [0.717, 1.165) is 10.4 Å². The second-order valence-corrected chi connectivity index (χ2v) is 8.09. The van der Waals surface area contributed by atoms with Crippen LogP contribution in [0.1, 0.15) is 36.1 Å². The molecule has 0 aliphatic rings. The van der Waals surface area contributed by atoms with Crippen LogP contribution in [0.2, 0.25) is 0 Å². The first-order valence-corrected chi connectivity index (χ1v) is 9.66. The van der Waals surface area contributed by atoms with Crippen molar-refractivity contribution in [1.29, 1.82) is 0 Å². The third-order valence-corrected chi connectivity index (χ3v) is 5.19. The molecule has 0 spiro atoms. The van der Waals surface area contributed by atoms with Gasteiger partial charge in [0.05, 0.1) is 15.9 Å². The molecule has 1 amide bonds. The van der Waals surface area contributed by atoms with Crippen molar-refractivity contribution >= 4 is 32.6 Å². The summed E-state index contributed by atoms with van der Waals surface area (Å²) in [5.41, 5.74) is 2.02. The number of carbonyl (C=O) groups is 1. The van der Waals surface area contributed by atoms with E-state index in [1.807, 2.05) is 39.8 Å². The molecule has 0 N–H and O–H groups in total. The summed E-state index contributed by atoms with van der Waals surface area (Å²) >= 11 is 1.32. The van der Waals surface area contributed by atoms with Crippen LogP contribution in [0, 0.1) is 12.7 Å². The topological polar surface area (TPSA) is 54.3 Å². The van der Waals surface area contributed by atoms with Gasteiger partial charge in [0.1, 0.15) is 11.5 Å². The molecule has 1 aromatic carbocycles. The molecule has 27 heavy (non-hydrogen) atoms. The van der Waals surface area contributed by atoms with E-state index in [1.54, 1.807) is 21.7 Å². The van der Waals surface area contributed by atoms with Crippen LogP contribution < -0.4 is 4.90 Å². The summed E-state index contributed by atoms with van der Waals surface area (Å²) in [5, 5.41) is 5.02. The minimum absolute atomic E-state index is 0.0674. The Bertz CT molecular complexity index is 962. The van der Waals surface area contributed by atoms with Gasteiger partial charge in [0, 0.05) is 19.1 Å². The summed E-state index contributed by atoms with van der Waals surface area (Å²) in [6.45, 7) is 7.03. The fourth-order valence-corrected chi connectivity index (χ4v) is 3.81. The quantitative estimate of drug-likeness (QED) is 0.645. The van der Waals surface area contributed by atoms with Gasteiger partial charge in [-0.3, -0.25) is 14.4 Å². The molecule has 0 aliphatic heterocycles. The summed E-state index contributed by atoms with van der Waals surface area (Å²) in [6, 6.07) is 6.35. The van der Waals surface area contributed by atoms with Gasteiger partial charge in [-0.05, 0) is 59.1 Å². The number of halogens is 1. The third kappa shape index (κ3) is 4.17. The van der Waals surface area contributed by atoms with Gasteiger partial charge in [-0.1, -0.05) is 11.3 Å². The number of hydrogen-bond acceptors (Lipinski definition) is 5. The second-order valence-electron chi connectivity index (χ2n) is 7.08. The highest BCUT2D eigenvalue weighted by Gasteiger charge is 2.25. The maximum Gasteiger partial charge on any atom is 0.278 e. The minimum atomic E-state index is -0.308. The summed E-state index contributed by atoms with van der Waals surface area (Å²) in [5.74, 6) is -0.456. The van der Waals surface area contributed by atoms with Crippen LogP contribution in [0.5, 0.6) is 0 Å². The SMILES string of the molecule is Cc1cc(C(=O)N(CCN(C)C)c2nc3ccc(F)cc3s2)n(C(C)C)n1. The molecule has 0 radical (unpaired) electrons. The summed E-state index contributed by atoms with van der Waals surface area (Å²) in [4.78, 5) is 21.6. The Balaban J connectivity index is 2.03. The molecular formula is C19H24FN5OS. The first-order valence-electron chi connectivity index (χ1n) is 8.85. The molecule has 0 bridgehead atoms. The minimum Gasteiger partial charge on any atom is -0.308 e. The third-order valence-electron chi connectivity index (χ3n) is 4.15. The van der Waals surface area contributed by atoms with E-state index in [4.69, 9.17) is 0 Å². The lowest BCUT2D eigenvalue weighted by atomic mass is 10.3. The molecule has 0 saturated carbocycles. The fraction of sp³-hybridized carbons (Fsp3) is 0.421. The molecule has 0 saturated heterocycles. The van der Waals surface area contributed by atoms with Gasteiger partial charge in [-0.25, -0.2) is 9.37 Å². The maximum atomic E-state index is 13.5. The molecule has 0 atom stereocenters. The molecule has 2 aromatic heterocycles. The number of aromatic nitrogens is 3. The van der Waals surface area contributed by atoms with Crippen LogP contribution in [0.3, 0.4) is 0 Å². The highest BCUT2D eigenvalue weighted by molar-refractivity contribution is 7.22. The fourth-order valence-electron chi connectivity index (χ4n) is 2.79. The number of fused-ring (bicyclic) bond motifs is 1. The summed E-state index contributed by atoms with van der Waals surface area (Å²) in [6.07, 6.45) is 0. The van der Waals surface area contributed by atoms with Gasteiger partial charge in [-0.2, -0.15) is 5.10 Å². The largest absolute Gasteiger partial charge is 0.308 e. The molecule has 144 valence electrons. The van der Waals surface area contributed by atoms with Crippen LogP contribution in [0.15, 0.2) is 24.3 Å². The molecular weight excluding hydrogens is 365 g/mol. The van der Waals surface area contributed by atoms with Gasteiger partial charge in [0.15, 0.2) is 5.13 Å². The van der Waals surface area contributed by atoms with Gasteiger partial charge in [-0.15, -0.1) is 0 Å². The number of anilines is 1. The number of hydrogen-bond donors (Lipinski definition) is 0. The summed E-state index contributed by atoms with van der Waals surface area (Å²) in [7, 11) is 3.91. The number of aryl methyl sites for hydroxylation is 1. The van der Waals surface area contributed by atoms with Crippen molar-refractivity contribution in [3.05, 3.63) is 41.5 Å². The second kappa shape index (κ2) is 7.74. The predicted molar refractivity (Wildman–Crippen MR) is 107 cm³/mol. The first-order chi connectivity index (χ1) is 12.8. The van der Waals surface area contributed by atoms with Crippen molar-refractivity contribution in [1.82, 2.24) is 19.7 Å². The smallest absolute Gasteiger partial charge is 0.278 e. The zero-order valence-electron chi connectivity index (χ0n) is 16.2. The van der Waals surface area contributed by atoms with Crippen LogP contribution >= 0.6 is 11.3 Å². The van der Waals surface area contributed by atoms with Crippen LogP contribution in [0.4, 0.5) is 9.52 Å². The van der Waals surface area contributed by atoms with Gasteiger partial charge >= 0.3 is 0 Å². The number of rotatable bonds is 6. The van der Waals surface area contributed by atoms with Crippen molar-refractivity contribution in [2.24, 2.45) is 0 Å². The molecule has 0 aliphatic carbocycles. The Morgan fingerprint density at radius 3 is 2.67 bits per heavy atom. The van der Waals surface area contributed by atoms with Crippen molar-refractivity contribution in [3.63, 3.8) is 0 Å². The lowest BCUT2D eigenvalue weighted by Gasteiger charge is -2.22. The van der Waals surface area contributed by atoms with E-state index in [9.17, 15) is 9.18 Å². The maximum absolute atomic E-state index is 13.5. The average Bonchev–Trinajstić information content (AvgIpc) is 3.17. The average molecular weight is 390 g/mol. The normalized spacial score (nSPS) is 11.7. The monoisotopic (exact) mass is 389 g/mol. The Morgan fingerprint density at radius 2 is 2.00 bits per heavy atom. The zero-order chi connectivity index (χ0) is 19.7. The standard InChI is InChI=1S/C19H24FN5OS/c1-12(2)25-16(10-13(3)22-25)18(26)24(9-8-23(4)5)19-21-15-7-6-14(20)11-17(15)27-19/h6-7,10-12H,8-9H2,1-5H3. The van der Waals surface area contributed by atoms with Crippen LogP contribution in [-0.2, 0) is 0 Å². The Morgan fingerprint density at radius 1 is 1.26 bits per heavy atom. The molecule has 3 rings (SSSR count). The van der Waals surface area contributed by atoms with Gasteiger partial charge in [0.25, 0.3) is 5.91 Å². The molecule has 8 heteroatoms. The lowest BCUT2D eigenvalue weighted by Crippen LogP contribution is -2.38. The van der Waals surface area contributed by atoms with Crippen molar-refractivity contribution in [3.8, 4) is 0 Å². The number of nitrogens with zero attached hydrogens (tertiary/aromatic N) is 5. The van der Waals surface area contributed by atoms with E-state index >= 15 is 0 Å². The predicted octanol–water partition coefficient (Wildman–Crippen LogP) is 3.73. The van der Waals surface area contributed by atoms with Gasteiger partial charge in [0.2, 0.25) is 0 Å². The van der Waals surface area contributed by atoms with Gasteiger partial charge < -0.3 is 4.90 Å². The van der Waals surface area contributed by atoms with E-state index < -0.39 is 0 Å². The molecule has 3 aromatic rings. The number of likely N-dealkylation sites (N-methyl/N-ethyl adjacent to an activating group) is 1. The van der Waals surface area contributed by atoms with E-state index in [1.165, 1.54) is 23.5 Å². The lowest BCUT2D eigenvalue weighted by molar-refractivity contribution is 0.0973. The highest BCUT2D eigenvalue weighted by atomic mass is 32.1. The molecule has 6 nitrogen and oxygen atoms in total. The van der Waals surface area contributed by atoms with Crippen molar-refractivity contribution in [2.45, 2.75) is 26.8 Å². The highest BCUT2D eigenvalue weighted by Crippen LogP contribution is 2.30. The first kappa shape index (κ1) is 19.4. The van der Waals surface area contributed by atoms with Crippen molar-refractivity contribution in [2.75, 3.05) is 32.1 Å². The zero-order valence-corrected chi connectivity index (χ0v) is 17.0. The number of benzene rings is 1. The van der Waals surface area contributed by atoms with E-state index in [-0.39, 0.29) is 17.8 Å².